The standard InChI is InChI=1S/C9H7N3/c1-2-10-7-4-9-8(3-6(1)7)11-5-12-9/h2-4H,1,5H2. The zero-order chi connectivity index (χ0) is 7.97. The Bertz CT molecular complexity index is 485. The Hall–Kier alpha value is -1.51. The Morgan fingerprint density at radius 2 is 1.92 bits per heavy atom. The van der Waals surface area contributed by atoms with Gasteiger partial charge in [-0.3, -0.25) is 15.0 Å². The van der Waals surface area contributed by atoms with Crippen molar-refractivity contribution in [3.05, 3.63) is 28.4 Å². The molecular formula is C9H7N3. The van der Waals surface area contributed by atoms with E-state index >= 15 is 0 Å². The molecule has 0 amide bonds. The normalized spacial score (nSPS) is 16.7. The summed E-state index contributed by atoms with van der Waals surface area (Å²) >= 11 is 0. The lowest BCUT2D eigenvalue weighted by Crippen LogP contribution is -2.21. The van der Waals surface area contributed by atoms with Gasteiger partial charge in [-0.2, -0.15) is 0 Å². The zero-order valence-electron chi connectivity index (χ0n) is 6.49. The van der Waals surface area contributed by atoms with Gasteiger partial charge in [-0.15, -0.1) is 0 Å². The number of benzene rings is 1. The molecule has 2 aliphatic heterocycles. The van der Waals surface area contributed by atoms with E-state index in [2.05, 4.69) is 21.0 Å². The summed E-state index contributed by atoms with van der Waals surface area (Å²) in [7, 11) is 0. The van der Waals surface area contributed by atoms with E-state index in [1.165, 1.54) is 5.56 Å². The molecule has 0 radical (unpaired) electrons. The van der Waals surface area contributed by atoms with E-state index in [0.29, 0.717) is 6.67 Å². The summed E-state index contributed by atoms with van der Waals surface area (Å²) in [6, 6.07) is 4.11. The van der Waals surface area contributed by atoms with Crippen LogP contribution >= 0.6 is 0 Å². The molecule has 3 rings (SSSR count). The Labute approximate surface area is 69.2 Å². The Morgan fingerprint density at radius 1 is 1.08 bits per heavy atom. The molecule has 0 aromatic heterocycles. The van der Waals surface area contributed by atoms with Gasteiger partial charge in [0.2, 0.25) is 0 Å². The van der Waals surface area contributed by atoms with Crippen LogP contribution in [0.25, 0.3) is 0 Å². The van der Waals surface area contributed by atoms with Crippen molar-refractivity contribution in [2.24, 2.45) is 15.0 Å². The number of rotatable bonds is 0. The Balaban J connectivity index is 2.45. The molecule has 0 fully saturated rings. The summed E-state index contributed by atoms with van der Waals surface area (Å²) in [5, 5.41) is 2.02. The first-order valence-corrected chi connectivity index (χ1v) is 3.98. The number of hydrogen-bond acceptors (Lipinski definition) is 3. The van der Waals surface area contributed by atoms with Gasteiger partial charge in [0.1, 0.15) is 6.67 Å². The summed E-state index contributed by atoms with van der Waals surface area (Å²) in [6.07, 6.45) is 2.87. The maximum Gasteiger partial charge on any atom is 0.130 e. The van der Waals surface area contributed by atoms with Crippen LogP contribution in [-0.4, -0.2) is 12.9 Å². The van der Waals surface area contributed by atoms with Crippen molar-refractivity contribution in [3.63, 3.8) is 0 Å². The molecule has 0 saturated carbocycles. The minimum absolute atomic E-state index is 0.585. The Morgan fingerprint density at radius 3 is 2.83 bits per heavy atom. The smallest absolute Gasteiger partial charge is 0.130 e. The van der Waals surface area contributed by atoms with Crippen LogP contribution in [0.15, 0.2) is 27.1 Å². The first-order chi connectivity index (χ1) is 5.93. The highest BCUT2D eigenvalue weighted by Crippen LogP contribution is 2.19. The van der Waals surface area contributed by atoms with Gasteiger partial charge in [0.25, 0.3) is 0 Å². The third kappa shape index (κ3) is 0.679. The maximum absolute atomic E-state index is 4.25. The molecule has 0 spiro atoms. The predicted molar refractivity (Wildman–Crippen MR) is 45.5 cm³/mol. The molecule has 0 atom stereocenters. The lowest BCUT2D eigenvalue weighted by Gasteiger charge is -1.92. The quantitative estimate of drug-likeness (QED) is 0.514. The fourth-order valence-corrected chi connectivity index (χ4v) is 1.58. The van der Waals surface area contributed by atoms with Crippen LogP contribution in [0.5, 0.6) is 0 Å². The molecule has 0 N–H and O–H groups in total. The van der Waals surface area contributed by atoms with Gasteiger partial charge in [-0.25, -0.2) is 0 Å². The highest BCUT2D eigenvalue weighted by Gasteiger charge is 2.08. The second kappa shape index (κ2) is 2.00. The second-order valence-electron chi connectivity index (χ2n) is 2.94. The SMILES string of the molecule is C1=Nc2cc3c(cc2C1)=NCN=3. The second-order valence-corrected chi connectivity index (χ2v) is 2.94. The molecule has 1 aromatic carbocycles. The van der Waals surface area contributed by atoms with Gasteiger partial charge >= 0.3 is 0 Å². The van der Waals surface area contributed by atoms with Crippen LogP contribution in [0.4, 0.5) is 5.69 Å². The minimum atomic E-state index is 0.585. The molecule has 2 heterocycles. The number of hydrogen-bond donors (Lipinski definition) is 0. The maximum atomic E-state index is 4.25. The third-order valence-electron chi connectivity index (χ3n) is 2.20. The van der Waals surface area contributed by atoms with Crippen LogP contribution in [0, 0.1) is 0 Å². The molecule has 0 bridgehead atoms. The van der Waals surface area contributed by atoms with Crippen molar-refractivity contribution in [1.29, 1.82) is 0 Å². The molecule has 12 heavy (non-hydrogen) atoms. The molecule has 0 unspecified atom stereocenters. The zero-order valence-corrected chi connectivity index (χ0v) is 6.49. The fraction of sp³-hybridized carbons (Fsp3) is 0.222. The number of aliphatic imine (C=N–C) groups is 1. The summed E-state index contributed by atoms with van der Waals surface area (Å²) in [6.45, 7) is 0.585. The van der Waals surface area contributed by atoms with Crippen LogP contribution in [-0.2, 0) is 6.42 Å². The summed E-state index contributed by atoms with van der Waals surface area (Å²) < 4.78 is 0. The van der Waals surface area contributed by atoms with E-state index in [1.807, 2.05) is 12.3 Å². The van der Waals surface area contributed by atoms with Gasteiger partial charge in [0.05, 0.1) is 16.4 Å². The third-order valence-corrected chi connectivity index (χ3v) is 2.20. The molecule has 3 heteroatoms. The van der Waals surface area contributed by atoms with Crippen molar-refractivity contribution >= 4 is 11.9 Å². The van der Waals surface area contributed by atoms with Gasteiger partial charge in [0.15, 0.2) is 0 Å². The summed E-state index contributed by atoms with van der Waals surface area (Å²) in [4.78, 5) is 12.7. The summed E-state index contributed by atoms with van der Waals surface area (Å²) in [5.74, 6) is 0. The summed E-state index contributed by atoms with van der Waals surface area (Å²) in [5.41, 5.74) is 2.34. The molecule has 0 aliphatic carbocycles. The van der Waals surface area contributed by atoms with Crippen LogP contribution in [0.3, 0.4) is 0 Å². The molecular weight excluding hydrogens is 150 g/mol. The lowest BCUT2D eigenvalue weighted by atomic mass is 10.1. The average Bonchev–Trinajstić information content (AvgIpc) is 2.64. The largest absolute Gasteiger partial charge is 0.261 e. The first-order valence-electron chi connectivity index (χ1n) is 3.98. The van der Waals surface area contributed by atoms with Gasteiger partial charge in [-0.05, 0) is 17.7 Å². The topological polar surface area (TPSA) is 37.1 Å². The lowest BCUT2D eigenvalue weighted by molar-refractivity contribution is 1.06. The first kappa shape index (κ1) is 6.06. The van der Waals surface area contributed by atoms with Crippen LogP contribution in [0.2, 0.25) is 0 Å². The van der Waals surface area contributed by atoms with E-state index in [-0.39, 0.29) is 0 Å². The van der Waals surface area contributed by atoms with Crippen molar-refractivity contribution in [1.82, 2.24) is 0 Å². The van der Waals surface area contributed by atoms with E-state index in [1.54, 1.807) is 0 Å². The molecule has 2 aliphatic rings. The van der Waals surface area contributed by atoms with Gasteiger partial charge in [0, 0.05) is 12.6 Å². The average molecular weight is 157 g/mol. The predicted octanol–water partition coefficient (Wildman–Crippen LogP) is 0.155. The van der Waals surface area contributed by atoms with E-state index < -0.39 is 0 Å². The molecule has 3 nitrogen and oxygen atoms in total. The highest BCUT2D eigenvalue weighted by molar-refractivity contribution is 5.75. The van der Waals surface area contributed by atoms with E-state index in [0.717, 1.165) is 22.8 Å². The number of fused-ring (bicyclic) bond motifs is 2. The van der Waals surface area contributed by atoms with E-state index in [9.17, 15) is 0 Å². The monoisotopic (exact) mass is 157 g/mol. The molecule has 58 valence electrons. The van der Waals surface area contributed by atoms with Crippen molar-refractivity contribution in [2.45, 2.75) is 6.42 Å². The van der Waals surface area contributed by atoms with Crippen LogP contribution in [0.1, 0.15) is 5.56 Å². The van der Waals surface area contributed by atoms with Crippen molar-refractivity contribution in [3.8, 4) is 0 Å². The minimum Gasteiger partial charge on any atom is -0.261 e. The van der Waals surface area contributed by atoms with Gasteiger partial charge in [-0.1, -0.05) is 0 Å². The molecule has 1 aromatic rings. The van der Waals surface area contributed by atoms with Crippen molar-refractivity contribution < 1.29 is 0 Å². The fourth-order valence-electron chi connectivity index (χ4n) is 1.58. The Kier molecular flexibility index (Phi) is 1.01. The number of nitrogens with zero attached hydrogens (tertiary/aromatic N) is 3. The van der Waals surface area contributed by atoms with Crippen LogP contribution < -0.4 is 10.7 Å². The van der Waals surface area contributed by atoms with E-state index in [4.69, 9.17) is 0 Å². The molecule has 0 saturated heterocycles. The van der Waals surface area contributed by atoms with Crippen molar-refractivity contribution in [2.75, 3.05) is 6.67 Å². The van der Waals surface area contributed by atoms with Gasteiger partial charge < -0.3 is 0 Å². The highest BCUT2D eigenvalue weighted by atomic mass is 15.0.